The zero-order chi connectivity index (χ0) is 16.2. The van der Waals surface area contributed by atoms with E-state index in [4.69, 9.17) is 5.11 Å². The van der Waals surface area contributed by atoms with Crippen LogP contribution >= 0.6 is 0 Å². The van der Waals surface area contributed by atoms with Crippen molar-refractivity contribution in [2.75, 3.05) is 0 Å². The number of nitro benzene ring substituents is 1. The second-order valence-corrected chi connectivity index (χ2v) is 5.05. The molecule has 1 aromatic rings. The predicted molar refractivity (Wildman–Crippen MR) is 70.7 cm³/mol. The molecule has 0 saturated carbocycles. The van der Waals surface area contributed by atoms with Gasteiger partial charge < -0.3 is 10.4 Å². The summed E-state index contributed by atoms with van der Waals surface area (Å²) in [5.74, 6) is -3.22. The Bertz CT molecular complexity index is 549. The van der Waals surface area contributed by atoms with E-state index >= 15 is 0 Å². The van der Waals surface area contributed by atoms with Crippen LogP contribution in [-0.4, -0.2) is 22.0 Å². The molecule has 0 aliphatic heterocycles. The molecule has 0 radical (unpaired) electrons. The van der Waals surface area contributed by atoms with Gasteiger partial charge in [-0.1, -0.05) is 13.8 Å². The number of hydrogen-bond donors (Lipinski definition) is 2. The van der Waals surface area contributed by atoms with E-state index in [2.05, 4.69) is 5.32 Å². The number of carbonyl (C=O) groups is 1. The smallest absolute Gasteiger partial charge is 0.320 e. The molecule has 2 N–H and O–H groups in total. The zero-order valence-corrected chi connectivity index (χ0v) is 11.6. The highest BCUT2D eigenvalue weighted by Crippen LogP contribution is 2.21. The lowest BCUT2D eigenvalue weighted by atomic mass is 10.0. The number of halogens is 2. The number of carboxylic acids is 1. The molecule has 0 fully saturated rings. The van der Waals surface area contributed by atoms with Crippen molar-refractivity contribution in [2.24, 2.45) is 5.92 Å². The molecule has 116 valence electrons. The topological polar surface area (TPSA) is 92.5 Å². The quantitative estimate of drug-likeness (QED) is 0.596. The zero-order valence-electron chi connectivity index (χ0n) is 11.6. The lowest BCUT2D eigenvalue weighted by Crippen LogP contribution is -2.37. The number of rotatable bonds is 7. The maximum absolute atomic E-state index is 13.6. The highest BCUT2D eigenvalue weighted by Gasteiger charge is 2.21. The van der Waals surface area contributed by atoms with Crippen LogP contribution in [0.15, 0.2) is 12.1 Å². The second kappa shape index (κ2) is 7.07. The molecule has 0 spiro atoms. The van der Waals surface area contributed by atoms with Crippen LogP contribution in [0.2, 0.25) is 0 Å². The Morgan fingerprint density at radius 2 is 2.00 bits per heavy atom. The van der Waals surface area contributed by atoms with Crippen molar-refractivity contribution >= 4 is 11.7 Å². The van der Waals surface area contributed by atoms with E-state index in [1.807, 2.05) is 13.8 Å². The van der Waals surface area contributed by atoms with Crippen molar-refractivity contribution in [2.45, 2.75) is 32.9 Å². The standard InChI is InChI=1S/C13H16F2N2O4/c1-7(2)3-11(13(18)19)16-6-8-4-12(17(20)21)10(15)5-9(8)14/h4-5,7,11,16H,3,6H2,1-2H3,(H,18,19). The number of aliphatic carboxylic acids is 1. The third-order valence-corrected chi connectivity index (χ3v) is 2.86. The third kappa shape index (κ3) is 4.75. The summed E-state index contributed by atoms with van der Waals surface area (Å²) >= 11 is 0. The van der Waals surface area contributed by atoms with Crippen molar-refractivity contribution in [3.63, 3.8) is 0 Å². The minimum absolute atomic E-state index is 0.103. The van der Waals surface area contributed by atoms with Crippen LogP contribution in [0, 0.1) is 27.7 Å². The summed E-state index contributed by atoms with van der Waals surface area (Å²) in [6.45, 7) is 3.43. The molecule has 0 amide bonds. The Hall–Kier alpha value is -2.09. The van der Waals surface area contributed by atoms with Crippen LogP contribution in [-0.2, 0) is 11.3 Å². The van der Waals surface area contributed by atoms with Gasteiger partial charge in [-0.05, 0) is 12.3 Å². The first-order valence-corrected chi connectivity index (χ1v) is 6.30. The van der Waals surface area contributed by atoms with Crippen LogP contribution in [0.25, 0.3) is 0 Å². The van der Waals surface area contributed by atoms with Gasteiger partial charge in [-0.15, -0.1) is 0 Å². The van der Waals surface area contributed by atoms with E-state index in [0.29, 0.717) is 12.5 Å². The van der Waals surface area contributed by atoms with E-state index in [1.54, 1.807) is 0 Å². The first-order valence-electron chi connectivity index (χ1n) is 6.30. The Morgan fingerprint density at radius 1 is 1.38 bits per heavy atom. The van der Waals surface area contributed by atoms with Crippen molar-refractivity contribution in [1.82, 2.24) is 5.32 Å². The Morgan fingerprint density at radius 3 is 2.48 bits per heavy atom. The molecule has 0 aliphatic carbocycles. The summed E-state index contributed by atoms with van der Waals surface area (Å²) in [5, 5.41) is 22.2. The van der Waals surface area contributed by atoms with E-state index in [0.717, 1.165) is 6.07 Å². The van der Waals surface area contributed by atoms with Crippen molar-refractivity contribution in [1.29, 1.82) is 0 Å². The highest BCUT2D eigenvalue weighted by atomic mass is 19.1. The summed E-state index contributed by atoms with van der Waals surface area (Å²) in [4.78, 5) is 20.7. The van der Waals surface area contributed by atoms with Gasteiger partial charge in [0, 0.05) is 24.2 Å². The lowest BCUT2D eigenvalue weighted by molar-refractivity contribution is -0.387. The molecule has 8 heteroatoms. The number of nitrogens with one attached hydrogen (secondary N) is 1. The number of hydrogen-bond acceptors (Lipinski definition) is 4. The van der Waals surface area contributed by atoms with Crippen LogP contribution in [0.5, 0.6) is 0 Å². The fourth-order valence-corrected chi connectivity index (χ4v) is 1.83. The Kier molecular flexibility index (Phi) is 5.71. The van der Waals surface area contributed by atoms with E-state index in [1.165, 1.54) is 0 Å². The molecular formula is C13H16F2N2O4. The van der Waals surface area contributed by atoms with Crippen LogP contribution < -0.4 is 5.32 Å². The molecule has 21 heavy (non-hydrogen) atoms. The Balaban J connectivity index is 2.89. The van der Waals surface area contributed by atoms with E-state index in [-0.39, 0.29) is 18.0 Å². The summed E-state index contributed by atoms with van der Waals surface area (Å²) in [5.41, 5.74) is -0.998. The predicted octanol–water partition coefficient (Wildman–Crippen LogP) is 2.46. The molecule has 1 aromatic carbocycles. The number of nitro groups is 1. The van der Waals surface area contributed by atoms with Gasteiger partial charge in [0.25, 0.3) is 0 Å². The molecule has 0 saturated heterocycles. The first-order chi connectivity index (χ1) is 9.72. The van der Waals surface area contributed by atoms with Crippen LogP contribution in [0.4, 0.5) is 14.5 Å². The van der Waals surface area contributed by atoms with Crippen LogP contribution in [0.1, 0.15) is 25.8 Å². The van der Waals surface area contributed by atoms with Gasteiger partial charge in [-0.3, -0.25) is 14.9 Å². The van der Waals surface area contributed by atoms with Gasteiger partial charge in [-0.25, -0.2) is 4.39 Å². The van der Waals surface area contributed by atoms with Crippen molar-refractivity contribution in [3.05, 3.63) is 39.4 Å². The highest BCUT2D eigenvalue weighted by molar-refractivity contribution is 5.73. The Labute approximate surface area is 119 Å². The third-order valence-electron chi connectivity index (χ3n) is 2.86. The molecular weight excluding hydrogens is 286 g/mol. The molecule has 0 aromatic heterocycles. The van der Waals surface area contributed by atoms with Crippen molar-refractivity contribution in [3.8, 4) is 0 Å². The minimum Gasteiger partial charge on any atom is -0.480 e. The molecule has 0 aliphatic rings. The average molecular weight is 302 g/mol. The average Bonchev–Trinajstić information content (AvgIpc) is 2.34. The van der Waals surface area contributed by atoms with E-state index in [9.17, 15) is 23.7 Å². The number of benzene rings is 1. The largest absolute Gasteiger partial charge is 0.480 e. The van der Waals surface area contributed by atoms with Gasteiger partial charge in [0.05, 0.1) is 4.92 Å². The fraction of sp³-hybridized carbons (Fsp3) is 0.462. The second-order valence-electron chi connectivity index (χ2n) is 5.05. The monoisotopic (exact) mass is 302 g/mol. The summed E-state index contributed by atoms with van der Waals surface area (Å²) in [7, 11) is 0. The minimum atomic E-state index is -1.27. The lowest BCUT2D eigenvalue weighted by Gasteiger charge is -2.16. The normalized spacial score (nSPS) is 12.4. The SMILES string of the molecule is CC(C)CC(NCc1cc([N+](=O)[O-])c(F)cc1F)C(=O)O. The first kappa shape index (κ1) is 17.0. The number of carboxylic acid groups (broad SMARTS) is 1. The fourth-order valence-electron chi connectivity index (χ4n) is 1.83. The molecule has 1 unspecified atom stereocenters. The summed E-state index contributed by atoms with van der Waals surface area (Å²) < 4.78 is 26.7. The van der Waals surface area contributed by atoms with E-state index < -0.39 is 34.3 Å². The van der Waals surface area contributed by atoms with Gasteiger partial charge in [0.15, 0.2) is 0 Å². The maximum Gasteiger partial charge on any atom is 0.320 e. The van der Waals surface area contributed by atoms with Gasteiger partial charge in [0.2, 0.25) is 5.82 Å². The van der Waals surface area contributed by atoms with Gasteiger partial charge in [0.1, 0.15) is 11.9 Å². The van der Waals surface area contributed by atoms with Gasteiger partial charge >= 0.3 is 11.7 Å². The summed E-state index contributed by atoms with van der Waals surface area (Å²) in [6.07, 6.45) is 0.320. The molecule has 0 heterocycles. The summed E-state index contributed by atoms with van der Waals surface area (Å²) in [6, 6.07) is 0.285. The maximum atomic E-state index is 13.6. The molecule has 0 bridgehead atoms. The molecule has 1 rings (SSSR count). The van der Waals surface area contributed by atoms with Crippen molar-refractivity contribution < 1.29 is 23.6 Å². The van der Waals surface area contributed by atoms with Crippen LogP contribution in [0.3, 0.4) is 0 Å². The molecule has 6 nitrogen and oxygen atoms in total. The molecule has 1 atom stereocenters. The number of nitrogens with zero attached hydrogens (tertiary/aromatic N) is 1. The van der Waals surface area contributed by atoms with Gasteiger partial charge in [-0.2, -0.15) is 4.39 Å².